The van der Waals surface area contributed by atoms with Crippen molar-refractivity contribution in [3.05, 3.63) is 29.8 Å². The standard InChI is InChI=1S/C17H30N2O/c1-6-16(15-9-7-8-10-17(15)20)19(13-14(2)3)12-11-18(4)5/h7-10,14,16,20H,6,11-13H2,1-5H3. The molecular weight excluding hydrogens is 248 g/mol. The average molecular weight is 278 g/mol. The molecule has 1 atom stereocenters. The molecule has 0 saturated carbocycles. The first-order chi connectivity index (χ1) is 9.45. The van der Waals surface area contributed by atoms with Crippen molar-refractivity contribution in [3.8, 4) is 5.75 Å². The van der Waals surface area contributed by atoms with Crippen LogP contribution in [-0.4, -0.2) is 48.6 Å². The van der Waals surface area contributed by atoms with Crippen LogP contribution in [0.3, 0.4) is 0 Å². The summed E-state index contributed by atoms with van der Waals surface area (Å²) in [6.45, 7) is 9.82. The molecule has 114 valence electrons. The van der Waals surface area contributed by atoms with E-state index >= 15 is 0 Å². The molecule has 0 bridgehead atoms. The number of hydrogen-bond donors (Lipinski definition) is 1. The number of para-hydroxylation sites is 1. The number of nitrogens with zero attached hydrogens (tertiary/aromatic N) is 2. The summed E-state index contributed by atoms with van der Waals surface area (Å²) >= 11 is 0. The molecule has 1 unspecified atom stereocenters. The van der Waals surface area contributed by atoms with Gasteiger partial charge in [0.1, 0.15) is 5.75 Å². The molecule has 1 rings (SSSR count). The lowest BCUT2D eigenvalue weighted by Gasteiger charge is -2.34. The van der Waals surface area contributed by atoms with Gasteiger partial charge in [0.15, 0.2) is 0 Å². The predicted molar refractivity (Wildman–Crippen MR) is 86.1 cm³/mol. The largest absolute Gasteiger partial charge is 0.508 e. The molecule has 0 aliphatic heterocycles. The summed E-state index contributed by atoms with van der Waals surface area (Å²) in [5.41, 5.74) is 1.05. The molecule has 0 spiro atoms. The molecule has 0 amide bonds. The summed E-state index contributed by atoms with van der Waals surface area (Å²) in [5.74, 6) is 1.04. The summed E-state index contributed by atoms with van der Waals surface area (Å²) in [6, 6.07) is 8.03. The van der Waals surface area contributed by atoms with Gasteiger partial charge in [-0.3, -0.25) is 4.90 Å². The molecule has 0 fully saturated rings. The van der Waals surface area contributed by atoms with E-state index in [2.05, 4.69) is 44.7 Å². The van der Waals surface area contributed by atoms with Gasteiger partial charge in [-0.1, -0.05) is 39.0 Å². The molecule has 0 aliphatic carbocycles. The van der Waals surface area contributed by atoms with Gasteiger partial charge in [0.05, 0.1) is 0 Å². The van der Waals surface area contributed by atoms with Gasteiger partial charge < -0.3 is 10.0 Å². The Bertz CT molecular complexity index is 390. The van der Waals surface area contributed by atoms with Gasteiger partial charge in [-0.15, -0.1) is 0 Å². The van der Waals surface area contributed by atoms with Crippen molar-refractivity contribution in [1.29, 1.82) is 0 Å². The summed E-state index contributed by atoms with van der Waals surface area (Å²) in [5, 5.41) is 10.1. The van der Waals surface area contributed by atoms with Crippen molar-refractivity contribution >= 4 is 0 Å². The van der Waals surface area contributed by atoms with Gasteiger partial charge in [-0.05, 0) is 32.5 Å². The lowest BCUT2D eigenvalue weighted by Crippen LogP contribution is -2.37. The third kappa shape index (κ3) is 5.14. The third-order valence-electron chi connectivity index (χ3n) is 3.56. The first-order valence-electron chi connectivity index (χ1n) is 7.62. The topological polar surface area (TPSA) is 26.7 Å². The highest BCUT2D eigenvalue weighted by molar-refractivity contribution is 5.34. The zero-order valence-electron chi connectivity index (χ0n) is 13.6. The molecule has 3 heteroatoms. The molecule has 1 aromatic rings. The smallest absolute Gasteiger partial charge is 0.120 e. The first-order valence-corrected chi connectivity index (χ1v) is 7.62. The van der Waals surface area contributed by atoms with E-state index in [1.807, 2.05) is 18.2 Å². The second-order valence-electron chi connectivity index (χ2n) is 6.17. The van der Waals surface area contributed by atoms with Crippen LogP contribution in [0, 0.1) is 5.92 Å². The molecule has 0 radical (unpaired) electrons. The van der Waals surface area contributed by atoms with Crippen LogP contribution in [0.4, 0.5) is 0 Å². The molecule has 0 saturated heterocycles. The Hall–Kier alpha value is -1.06. The summed E-state index contributed by atoms with van der Waals surface area (Å²) < 4.78 is 0. The van der Waals surface area contributed by atoms with Crippen LogP contribution in [0.1, 0.15) is 38.8 Å². The second kappa shape index (κ2) is 8.28. The lowest BCUT2D eigenvalue weighted by molar-refractivity contribution is 0.154. The van der Waals surface area contributed by atoms with Crippen molar-refractivity contribution < 1.29 is 5.11 Å². The van der Waals surface area contributed by atoms with Gasteiger partial charge in [-0.2, -0.15) is 0 Å². The van der Waals surface area contributed by atoms with Crippen LogP contribution in [-0.2, 0) is 0 Å². The molecule has 0 heterocycles. The van der Waals surface area contributed by atoms with Crippen molar-refractivity contribution in [3.63, 3.8) is 0 Å². The van der Waals surface area contributed by atoms with Crippen LogP contribution in [0.25, 0.3) is 0 Å². The van der Waals surface area contributed by atoms with Gasteiger partial charge >= 0.3 is 0 Å². The minimum Gasteiger partial charge on any atom is -0.508 e. The van der Waals surface area contributed by atoms with E-state index < -0.39 is 0 Å². The Morgan fingerprint density at radius 2 is 1.75 bits per heavy atom. The minimum atomic E-state index is 0.290. The average Bonchev–Trinajstić information content (AvgIpc) is 2.38. The quantitative estimate of drug-likeness (QED) is 0.790. The zero-order chi connectivity index (χ0) is 15.1. The predicted octanol–water partition coefficient (Wildman–Crippen LogP) is 3.36. The van der Waals surface area contributed by atoms with Gasteiger partial charge in [0, 0.05) is 31.2 Å². The SMILES string of the molecule is CCC(c1ccccc1O)N(CCN(C)C)CC(C)C. The number of hydrogen-bond acceptors (Lipinski definition) is 3. The Balaban J connectivity index is 2.92. The molecule has 1 N–H and O–H groups in total. The Kier molecular flexibility index (Phi) is 7.03. The summed E-state index contributed by atoms with van der Waals surface area (Å²) in [4.78, 5) is 4.71. The van der Waals surface area contributed by atoms with Crippen LogP contribution in [0.2, 0.25) is 0 Å². The van der Waals surface area contributed by atoms with E-state index in [9.17, 15) is 5.11 Å². The first kappa shape index (κ1) is 17.0. The summed E-state index contributed by atoms with van der Waals surface area (Å²) in [6.07, 6.45) is 1.01. The highest BCUT2D eigenvalue weighted by Crippen LogP contribution is 2.31. The third-order valence-corrected chi connectivity index (χ3v) is 3.56. The molecular formula is C17H30N2O. The van der Waals surface area contributed by atoms with Crippen molar-refractivity contribution in [2.24, 2.45) is 5.92 Å². The molecule has 20 heavy (non-hydrogen) atoms. The Labute approximate surface area is 124 Å². The molecule has 3 nitrogen and oxygen atoms in total. The van der Waals surface area contributed by atoms with Crippen LogP contribution < -0.4 is 0 Å². The maximum atomic E-state index is 10.1. The van der Waals surface area contributed by atoms with E-state index in [1.54, 1.807) is 6.07 Å². The Morgan fingerprint density at radius 1 is 1.10 bits per heavy atom. The maximum absolute atomic E-state index is 10.1. The van der Waals surface area contributed by atoms with Crippen LogP contribution in [0.15, 0.2) is 24.3 Å². The lowest BCUT2D eigenvalue weighted by atomic mass is 10.00. The highest BCUT2D eigenvalue weighted by Gasteiger charge is 2.21. The van der Waals surface area contributed by atoms with Crippen molar-refractivity contribution in [2.45, 2.75) is 33.2 Å². The molecule has 0 aromatic heterocycles. The van der Waals surface area contributed by atoms with E-state index in [-0.39, 0.29) is 0 Å². The maximum Gasteiger partial charge on any atom is 0.120 e. The number of likely N-dealkylation sites (N-methyl/N-ethyl adjacent to an activating group) is 1. The molecule has 0 aliphatic rings. The van der Waals surface area contributed by atoms with Crippen LogP contribution in [0.5, 0.6) is 5.75 Å². The monoisotopic (exact) mass is 278 g/mol. The number of phenols is 1. The van der Waals surface area contributed by atoms with Gasteiger partial charge in [0.25, 0.3) is 0 Å². The summed E-state index contributed by atoms with van der Waals surface area (Å²) in [7, 11) is 4.21. The van der Waals surface area contributed by atoms with E-state index in [0.29, 0.717) is 17.7 Å². The van der Waals surface area contributed by atoms with E-state index in [4.69, 9.17) is 0 Å². The number of aromatic hydroxyl groups is 1. The van der Waals surface area contributed by atoms with Crippen molar-refractivity contribution in [1.82, 2.24) is 9.80 Å². The molecule has 1 aromatic carbocycles. The highest BCUT2D eigenvalue weighted by atomic mass is 16.3. The fourth-order valence-electron chi connectivity index (χ4n) is 2.62. The second-order valence-corrected chi connectivity index (χ2v) is 6.17. The fraction of sp³-hybridized carbons (Fsp3) is 0.647. The van der Waals surface area contributed by atoms with Crippen LogP contribution >= 0.6 is 0 Å². The van der Waals surface area contributed by atoms with Crippen molar-refractivity contribution in [2.75, 3.05) is 33.7 Å². The fourth-order valence-corrected chi connectivity index (χ4v) is 2.62. The minimum absolute atomic E-state index is 0.290. The number of phenolic OH excluding ortho intramolecular Hbond substituents is 1. The van der Waals surface area contributed by atoms with E-state index in [1.165, 1.54) is 0 Å². The van der Waals surface area contributed by atoms with Gasteiger partial charge in [0.2, 0.25) is 0 Å². The number of rotatable bonds is 8. The Morgan fingerprint density at radius 3 is 2.25 bits per heavy atom. The van der Waals surface area contributed by atoms with E-state index in [0.717, 1.165) is 31.6 Å². The zero-order valence-corrected chi connectivity index (χ0v) is 13.6. The normalized spacial score (nSPS) is 13.4. The van der Waals surface area contributed by atoms with Gasteiger partial charge in [-0.25, -0.2) is 0 Å². The number of benzene rings is 1.